The number of amides is 2. The standard InChI is InChI=1S/C14H16F3N5O2/c1-3-24-10-6-4-5-9(7-10)19-13(23)18-8(2)11-20-12(22-21-11)14(15,16)17/h4-8H,3H2,1-2H3,(H2,18,19,23)(H,20,21,22). The lowest BCUT2D eigenvalue weighted by Crippen LogP contribution is -2.31. The molecular weight excluding hydrogens is 327 g/mol. The van der Waals surface area contributed by atoms with Crippen molar-refractivity contribution in [1.82, 2.24) is 20.5 Å². The third kappa shape index (κ3) is 4.61. The number of anilines is 1. The number of H-pyrrole nitrogens is 1. The first kappa shape index (κ1) is 17.6. The summed E-state index contributed by atoms with van der Waals surface area (Å²) in [5.74, 6) is -0.787. The second kappa shape index (κ2) is 7.20. The number of urea groups is 1. The van der Waals surface area contributed by atoms with Crippen LogP contribution in [-0.2, 0) is 6.18 Å². The van der Waals surface area contributed by atoms with Gasteiger partial charge in [0.2, 0.25) is 0 Å². The number of alkyl halides is 3. The molecule has 1 heterocycles. The number of carbonyl (C=O) groups is 1. The summed E-state index contributed by atoms with van der Waals surface area (Å²) < 4.78 is 42.7. The maximum Gasteiger partial charge on any atom is 0.453 e. The van der Waals surface area contributed by atoms with Crippen LogP contribution < -0.4 is 15.4 Å². The average Bonchev–Trinajstić information content (AvgIpc) is 2.97. The number of nitrogens with zero attached hydrogens (tertiary/aromatic N) is 2. The van der Waals surface area contributed by atoms with E-state index in [2.05, 4.69) is 25.8 Å². The zero-order valence-electron chi connectivity index (χ0n) is 12.9. The molecule has 0 bridgehead atoms. The molecule has 130 valence electrons. The van der Waals surface area contributed by atoms with E-state index >= 15 is 0 Å². The van der Waals surface area contributed by atoms with Crippen molar-refractivity contribution in [3.05, 3.63) is 35.9 Å². The molecule has 0 saturated heterocycles. The van der Waals surface area contributed by atoms with Crippen molar-refractivity contribution < 1.29 is 22.7 Å². The van der Waals surface area contributed by atoms with Crippen LogP contribution in [0.25, 0.3) is 0 Å². The summed E-state index contributed by atoms with van der Waals surface area (Å²) in [5.41, 5.74) is 0.485. The van der Waals surface area contributed by atoms with Gasteiger partial charge in [0.05, 0.1) is 12.6 Å². The van der Waals surface area contributed by atoms with E-state index in [1.807, 2.05) is 6.92 Å². The van der Waals surface area contributed by atoms with E-state index < -0.39 is 24.1 Å². The van der Waals surface area contributed by atoms with Crippen LogP contribution in [-0.4, -0.2) is 27.8 Å². The molecule has 1 atom stereocenters. The van der Waals surface area contributed by atoms with Gasteiger partial charge in [-0.05, 0) is 26.0 Å². The van der Waals surface area contributed by atoms with Crippen LogP contribution in [0.1, 0.15) is 31.5 Å². The molecule has 0 radical (unpaired) electrons. The third-order valence-electron chi connectivity index (χ3n) is 2.92. The first-order valence-electron chi connectivity index (χ1n) is 7.09. The number of hydrogen-bond donors (Lipinski definition) is 3. The highest BCUT2D eigenvalue weighted by Gasteiger charge is 2.36. The molecule has 2 rings (SSSR count). The van der Waals surface area contributed by atoms with Crippen molar-refractivity contribution >= 4 is 11.7 Å². The molecule has 1 unspecified atom stereocenters. The van der Waals surface area contributed by atoms with Crippen LogP contribution in [0, 0.1) is 0 Å². The van der Waals surface area contributed by atoms with Gasteiger partial charge in [-0.15, -0.1) is 5.10 Å². The highest BCUT2D eigenvalue weighted by Crippen LogP contribution is 2.26. The summed E-state index contributed by atoms with van der Waals surface area (Å²) in [4.78, 5) is 15.2. The maximum atomic E-state index is 12.5. The largest absolute Gasteiger partial charge is 0.494 e. The molecule has 0 aliphatic carbocycles. The number of nitrogens with one attached hydrogen (secondary N) is 3. The van der Waals surface area contributed by atoms with Gasteiger partial charge in [-0.1, -0.05) is 6.07 Å². The number of ether oxygens (including phenoxy) is 1. The van der Waals surface area contributed by atoms with Gasteiger partial charge >= 0.3 is 12.2 Å². The molecular formula is C14H16F3N5O2. The quantitative estimate of drug-likeness (QED) is 0.778. The predicted octanol–water partition coefficient (Wildman–Crippen LogP) is 3.10. The van der Waals surface area contributed by atoms with Crippen LogP contribution in [0.15, 0.2) is 24.3 Å². The molecule has 2 aromatic rings. The van der Waals surface area contributed by atoms with Crippen molar-refractivity contribution in [1.29, 1.82) is 0 Å². The van der Waals surface area contributed by atoms with Crippen molar-refractivity contribution in [2.75, 3.05) is 11.9 Å². The van der Waals surface area contributed by atoms with Gasteiger partial charge < -0.3 is 15.4 Å². The number of hydrogen-bond acceptors (Lipinski definition) is 4. The van der Waals surface area contributed by atoms with Crippen LogP contribution >= 0.6 is 0 Å². The summed E-state index contributed by atoms with van der Waals surface area (Å²) in [7, 11) is 0. The van der Waals surface area contributed by atoms with Gasteiger partial charge in [0, 0.05) is 11.8 Å². The Morgan fingerprint density at radius 1 is 1.42 bits per heavy atom. The highest BCUT2D eigenvalue weighted by molar-refractivity contribution is 5.89. The molecule has 2 amide bonds. The van der Waals surface area contributed by atoms with E-state index in [-0.39, 0.29) is 5.82 Å². The molecule has 1 aromatic heterocycles. The van der Waals surface area contributed by atoms with Gasteiger partial charge in [-0.2, -0.15) is 13.2 Å². The Kier molecular flexibility index (Phi) is 5.27. The molecule has 1 aromatic carbocycles. The van der Waals surface area contributed by atoms with Crippen LogP contribution in [0.5, 0.6) is 5.75 Å². The number of carbonyl (C=O) groups excluding carboxylic acids is 1. The monoisotopic (exact) mass is 343 g/mol. The smallest absolute Gasteiger partial charge is 0.453 e. The lowest BCUT2D eigenvalue weighted by atomic mass is 10.3. The Morgan fingerprint density at radius 3 is 2.79 bits per heavy atom. The fourth-order valence-electron chi connectivity index (χ4n) is 1.86. The fraction of sp³-hybridized carbons (Fsp3) is 0.357. The Hall–Kier alpha value is -2.78. The summed E-state index contributed by atoms with van der Waals surface area (Å²) in [6.45, 7) is 3.80. The van der Waals surface area contributed by atoms with Crippen molar-refractivity contribution in [2.45, 2.75) is 26.1 Å². The first-order chi connectivity index (χ1) is 11.3. The minimum absolute atomic E-state index is 0.0967. The van der Waals surface area contributed by atoms with Crippen molar-refractivity contribution in [2.24, 2.45) is 0 Å². The molecule has 0 saturated carbocycles. The molecule has 0 fully saturated rings. The summed E-state index contributed by atoms with van der Waals surface area (Å²) in [5, 5.41) is 10.3. The minimum atomic E-state index is -4.64. The van der Waals surface area contributed by atoms with Crippen molar-refractivity contribution in [3.63, 3.8) is 0 Å². The molecule has 7 nitrogen and oxygen atoms in total. The second-order valence-electron chi connectivity index (χ2n) is 4.82. The first-order valence-corrected chi connectivity index (χ1v) is 7.09. The van der Waals surface area contributed by atoms with Gasteiger partial charge in [-0.25, -0.2) is 9.78 Å². The molecule has 3 N–H and O–H groups in total. The zero-order valence-corrected chi connectivity index (χ0v) is 12.9. The van der Waals surface area contributed by atoms with Crippen LogP contribution in [0.4, 0.5) is 23.7 Å². The van der Waals surface area contributed by atoms with E-state index in [1.165, 1.54) is 6.92 Å². The zero-order chi connectivity index (χ0) is 17.7. The normalized spacial score (nSPS) is 12.5. The lowest BCUT2D eigenvalue weighted by molar-refractivity contribution is -0.144. The highest BCUT2D eigenvalue weighted by atomic mass is 19.4. The van der Waals surface area contributed by atoms with Gasteiger partial charge in [0.25, 0.3) is 5.82 Å². The number of halogens is 3. The molecule has 0 spiro atoms. The van der Waals surface area contributed by atoms with Gasteiger partial charge in [-0.3, -0.25) is 5.10 Å². The number of benzene rings is 1. The Balaban J connectivity index is 1.96. The van der Waals surface area contributed by atoms with Crippen LogP contribution in [0.2, 0.25) is 0 Å². The number of rotatable bonds is 5. The molecule has 0 aliphatic rings. The molecule has 10 heteroatoms. The number of aromatic nitrogens is 3. The molecule has 0 aliphatic heterocycles. The van der Waals surface area contributed by atoms with E-state index in [9.17, 15) is 18.0 Å². The molecule has 24 heavy (non-hydrogen) atoms. The third-order valence-corrected chi connectivity index (χ3v) is 2.92. The Labute approximate surface area is 135 Å². The average molecular weight is 343 g/mol. The SMILES string of the molecule is CCOc1cccc(NC(=O)NC(C)c2nc(C(F)(F)F)n[nH]2)c1. The summed E-state index contributed by atoms with van der Waals surface area (Å²) in [6.07, 6.45) is -4.64. The Morgan fingerprint density at radius 2 is 2.17 bits per heavy atom. The topological polar surface area (TPSA) is 91.9 Å². The number of aromatic amines is 1. The predicted molar refractivity (Wildman–Crippen MR) is 79.6 cm³/mol. The van der Waals surface area contributed by atoms with E-state index in [1.54, 1.807) is 24.3 Å². The summed E-state index contributed by atoms with van der Waals surface area (Å²) in [6, 6.07) is 5.34. The van der Waals surface area contributed by atoms with Gasteiger partial charge in [0.1, 0.15) is 11.6 Å². The van der Waals surface area contributed by atoms with Crippen LogP contribution in [0.3, 0.4) is 0 Å². The summed E-state index contributed by atoms with van der Waals surface area (Å²) >= 11 is 0. The Bertz CT molecular complexity index is 702. The lowest BCUT2D eigenvalue weighted by Gasteiger charge is -2.13. The fourth-order valence-corrected chi connectivity index (χ4v) is 1.86. The maximum absolute atomic E-state index is 12.5. The van der Waals surface area contributed by atoms with Crippen molar-refractivity contribution in [3.8, 4) is 5.75 Å². The van der Waals surface area contributed by atoms with E-state index in [0.29, 0.717) is 18.0 Å². The van der Waals surface area contributed by atoms with Gasteiger partial charge in [0.15, 0.2) is 0 Å². The van der Waals surface area contributed by atoms with E-state index in [4.69, 9.17) is 4.74 Å². The second-order valence-corrected chi connectivity index (χ2v) is 4.82. The van der Waals surface area contributed by atoms with E-state index in [0.717, 1.165) is 0 Å². The minimum Gasteiger partial charge on any atom is -0.494 e.